The van der Waals surface area contributed by atoms with Crippen LogP contribution in [0.1, 0.15) is 28.8 Å². The highest BCUT2D eigenvalue weighted by Crippen LogP contribution is 2.26. The number of hydrogen-bond donors (Lipinski definition) is 1. The smallest absolute Gasteiger partial charge is 0.250 e. The van der Waals surface area contributed by atoms with Crippen LogP contribution in [0.4, 0.5) is 0 Å². The molecular weight excluding hydrogens is 296 g/mol. The minimum absolute atomic E-state index is 0.360. The third-order valence-corrected chi connectivity index (χ3v) is 4.41. The van der Waals surface area contributed by atoms with Crippen molar-refractivity contribution in [2.75, 3.05) is 13.1 Å². The van der Waals surface area contributed by atoms with E-state index in [2.05, 4.69) is 29.2 Å². The van der Waals surface area contributed by atoms with Gasteiger partial charge in [0.25, 0.3) is 0 Å². The minimum Gasteiger partial charge on any atom is -0.366 e. The molecule has 3 rings (SSSR count). The lowest BCUT2D eigenvalue weighted by molar-refractivity contribution is 0.100. The predicted octanol–water partition coefficient (Wildman–Crippen LogP) is 3.70. The molecule has 1 fully saturated rings. The molecule has 0 spiro atoms. The van der Waals surface area contributed by atoms with Crippen LogP contribution in [0.15, 0.2) is 42.5 Å². The number of benzene rings is 2. The molecule has 1 aliphatic rings. The zero-order chi connectivity index (χ0) is 15.5. The van der Waals surface area contributed by atoms with E-state index in [0.717, 1.165) is 17.7 Å². The van der Waals surface area contributed by atoms with Gasteiger partial charge >= 0.3 is 0 Å². The number of hydrogen-bond acceptors (Lipinski definition) is 2. The molecule has 22 heavy (non-hydrogen) atoms. The molecule has 0 aromatic heterocycles. The van der Waals surface area contributed by atoms with E-state index in [1.54, 1.807) is 12.1 Å². The first kappa shape index (κ1) is 15.1. The Hall–Kier alpha value is -1.84. The van der Waals surface area contributed by atoms with Gasteiger partial charge in [0.05, 0.1) is 10.6 Å². The van der Waals surface area contributed by atoms with Crippen LogP contribution in [0.2, 0.25) is 5.02 Å². The molecular formula is C18H19ClN2O. The van der Waals surface area contributed by atoms with Crippen LogP contribution in [0.25, 0.3) is 11.1 Å². The molecule has 2 aromatic rings. The van der Waals surface area contributed by atoms with E-state index in [4.69, 9.17) is 17.3 Å². The lowest BCUT2D eigenvalue weighted by atomic mass is 10.0. The Bertz CT molecular complexity index is 693. The molecule has 2 aromatic carbocycles. The third kappa shape index (κ3) is 3.32. The summed E-state index contributed by atoms with van der Waals surface area (Å²) in [4.78, 5) is 13.7. The minimum atomic E-state index is -0.501. The highest BCUT2D eigenvalue weighted by molar-refractivity contribution is 6.34. The van der Waals surface area contributed by atoms with E-state index in [1.165, 1.54) is 31.5 Å². The van der Waals surface area contributed by atoms with Gasteiger partial charge in [-0.3, -0.25) is 9.69 Å². The van der Waals surface area contributed by atoms with Crippen molar-refractivity contribution in [3.8, 4) is 11.1 Å². The molecule has 1 heterocycles. The summed E-state index contributed by atoms with van der Waals surface area (Å²) in [5.41, 5.74) is 9.05. The number of carbonyl (C=O) groups excluding carboxylic acids is 1. The van der Waals surface area contributed by atoms with Crippen LogP contribution in [-0.4, -0.2) is 23.9 Å². The molecule has 0 unspecified atom stereocenters. The fourth-order valence-electron chi connectivity index (χ4n) is 2.94. The molecule has 4 heteroatoms. The monoisotopic (exact) mass is 314 g/mol. The largest absolute Gasteiger partial charge is 0.366 e. The summed E-state index contributed by atoms with van der Waals surface area (Å²) < 4.78 is 0. The number of carbonyl (C=O) groups is 1. The van der Waals surface area contributed by atoms with Crippen molar-refractivity contribution in [1.29, 1.82) is 0 Å². The van der Waals surface area contributed by atoms with Gasteiger partial charge in [-0.25, -0.2) is 0 Å². The second kappa shape index (κ2) is 6.51. The van der Waals surface area contributed by atoms with Crippen LogP contribution < -0.4 is 5.73 Å². The molecule has 114 valence electrons. The second-order valence-corrected chi connectivity index (χ2v) is 6.15. The van der Waals surface area contributed by atoms with Crippen molar-refractivity contribution in [3.05, 3.63) is 58.6 Å². The Morgan fingerprint density at radius 3 is 2.50 bits per heavy atom. The summed E-state index contributed by atoms with van der Waals surface area (Å²) >= 11 is 6.14. The molecule has 0 radical (unpaired) electrons. The van der Waals surface area contributed by atoms with Gasteiger partial charge in [-0.15, -0.1) is 0 Å². The van der Waals surface area contributed by atoms with Crippen molar-refractivity contribution in [2.24, 2.45) is 5.73 Å². The average Bonchev–Trinajstić information content (AvgIpc) is 3.00. The maximum Gasteiger partial charge on any atom is 0.250 e. The Morgan fingerprint density at radius 1 is 1.09 bits per heavy atom. The second-order valence-electron chi connectivity index (χ2n) is 5.74. The van der Waals surface area contributed by atoms with E-state index < -0.39 is 5.91 Å². The van der Waals surface area contributed by atoms with Gasteiger partial charge in [-0.1, -0.05) is 35.9 Å². The molecule has 3 nitrogen and oxygen atoms in total. The quantitative estimate of drug-likeness (QED) is 0.935. The van der Waals surface area contributed by atoms with Gasteiger partial charge < -0.3 is 5.73 Å². The Balaban J connectivity index is 1.85. The first-order valence-electron chi connectivity index (χ1n) is 7.54. The molecule has 1 aliphatic heterocycles. The van der Waals surface area contributed by atoms with Gasteiger partial charge in [0, 0.05) is 6.54 Å². The van der Waals surface area contributed by atoms with Crippen molar-refractivity contribution >= 4 is 17.5 Å². The van der Waals surface area contributed by atoms with E-state index in [-0.39, 0.29) is 0 Å². The fraction of sp³-hybridized carbons (Fsp3) is 0.278. The first-order chi connectivity index (χ1) is 10.6. The number of likely N-dealkylation sites (tertiary alicyclic amines) is 1. The number of halogens is 1. The van der Waals surface area contributed by atoms with E-state index in [0.29, 0.717) is 10.6 Å². The van der Waals surface area contributed by atoms with E-state index in [9.17, 15) is 4.79 Å². The van der Waals surface area contributed by atoms with Gasteiger partial charge in [0.1, 0.15) is 0 Å². The van der Waals surface area contributed by atoms with Gasteiger partial charge in [0.15, 0.2) is 0 Å². The Morgan fingerprint density at radius 2 is 1.82 bits per heavy atom. The van der Waals surface area contributed by atoms with Crippen LogP contribution in [0, 0.1) is 0 Å². The summed E-state index contributed by atoms with van der Waals surface area (Å²) in [6.45, 7) is 3.35. The summed E-state index contributed by atoms with van der Waals surface area (Å²) in [5.74, 6) is -0.501. The third-order valence-electron chi connectivity index (χ3n) is 4.10. The van der Waals surface area contributed by atoms with Crippen molar-refractivity contribution in [1.82, 2.24) is 4.90 Å². The lowest BCUT2D eigenvalue weighted by Gasteiger charge is -2.15. The molecule has 1 amide bonds. The maximum absolute atomic E-state index is 11.2. The first-order valence-corrected chi connectivity index (χ1v) is 7.92. The average molecular weight is 315 g/mol. The highest BCUT2D eigenvalue weighted by Gasteiger charge is 2.12. The van der Waals surface area contributed by atoms with Crippen molar-refractivity contribution in [2.45, 2.75) is 19.4 Å². The van der Waals surface area contributed by atoms with Gasteiger partial charge in [-0.2, -0.15) is 0 Å². The van der Waals surface area contributed by atoms with E-state index >= 15 is 0 Å². The number of amides is 1. The topological polar surface area (TPSA) is 46.3 Å². The Kier molecular flexibility index (Phi) is 4.46. The molecule has 0 bridgehead atoms. The highest BCUT2D eigenvalue weighted by atomic mass is 35.5. The molecule has 2 N–H and O–H groups in total. The van der Waals surface area contributed by atoms with Crippen LogP contribution in [0.3, 0.4) is 0 Å². The molecule has 0 atom stereocenters. The SMILES string of the molecule is NC(=O)c1ccc(-c2cccc(CN3CCCC3)c2)cc1Cl. The normalized spacial score (nSPS) is 15.1. The van der Waals surface area contributed by atoms with Crippen molar-refractivity contribution < 1.29 is 4.79 Å². The summed E-state index contributed by atoms with van der Waals surface area (Å²) in [6.07, 6.45) is 2.59. The van der Waals surface area contributed by atoms with Gasteiger partial charge in [-0.05, 0) is 60.8 Å². The van der Waals surface area contributed by atoms with Crippen molar-refractivity contribution in [3.63, 3.8) is 0 Å². The van der Waals surface area contributed by atoms with Crippen LogP contribution in [0.5, 0.6) is 0 Å². The predicted molar refractivity (Wildman–Crippen MR) is 89.9 cm³/mol. The summed E-state index contributed by atoms with van der Waals surface area (Å²) in [7, 11) is 0. The van der Waals surface area contributed by atoms with E-state index in [1.807, 2.05) is 6.07 Å². The summed E-state index contributed by atoms with van der Waals surface area (Å²) in [6, 6.07) is 13.8. The van der Waals surface area contributed by atoms with Crippen LogP contribution >= 0.6 is 11.6 Å². The molecule has 0 saturated carbocycles. The number of nitrogens with zero attached hydrogens (tertiary/aromatic N) is 1. The standard InChI is InChI=1S/C18H19ClN2O/c19-17-11-15(6-7-16(17)18(20)22)14-5-3-4-13(10-14)12-21-8-1-2-9-21/h3-7,10-11H,1-2,8-9,12H2,(H2,20,22). The number of primary amides is 1. The lowest BCUT2D eigenvalue weighted by Crippen LogP contribution is -2.18. The van der Waals surface area contributed by atoms with Crippen LogP contribution in [-0.2, 0) is 6.54 Å². The summed E-state index contributed by atoms with van der Waals surface area (Å²) in [5, 5.41) is 0.398. The fourth-order valence-corrected chi connectivity index (χ4v) is 3.22. The molecule has 0 aliphatic carbocycles. The maximum atomic E-state index is 11.2. The number of nitrogens with two attached hydrogens (primary N) is 1. The zero-order valence-electron chi connectivity index (χ0n) is 12.4. The molecule has 1 saturated heterocycles. The number of rotatable bonds is 4. The zero-order valence-corrected chi connectivity index (χ0v) is 13.1. The van der Waals surface area contributed by atoms with Gasteiger partial charge in [0.2, 0.25) is 5.91 Å². The Labute approximate surface area is 135 Å².